The van der Waals surface area contributed by atoms with Gasteiger partial charge in [-0.15, -0.1) is 0 Å². The zero-order valence-electron chi connectivity index (χ0n) is 10.7. The number of rotatable bonds is 6. The molecule has 1 rings (SSSR count). The first-order valence-electron chi connectivity index (χ1n) is 6.13. The van der Waals surface area contributed by atoms with Crippen LogP contribution in [-0.4, -0.2) is 24.3 Å². The van der Waals surface area contributed by atoms with E-state index in [0.29, 0.717) is 13.0 Å². The fraction of sp³-hybridized carbons (Fsp3) is 0.923. The Morgan fingerprint density at radius 1 is 1.44 bits per heavy atom. The van der Waals surface area contributed by atoms with E-state index in [1.165, 1.54) is 0 Å². The van der Waals surface area contributed by atoms with Crippen molar-refractivity contribution < 1.29 is 5.11 Å². The van der Waals surface area contributed by atoms with E-state index in [-0.39, 0.29) is 16.9 Å². The highest BCUT2D eigenvalue weighted by atomic mass is 16.3. The lowest BCUT2D eigenvalue weighted by atomic mass is 9.89. The summed E-state index contributed by atoms with van der Waals surface area (Å²) in [4.78, 5) is 0. The zero-order valence-corrected chi connectivity index (χ0v) is 10.7. The van der Waals surface area contributed by atoms with Crippen molar-refractivity contribution in [2.45, 2.75) is 52.6 Å². The summed E-state index contributed by atoms with van der Waals surface area (Å²) in [5.41, 5.74) is 0.404. The molecule has 0 spiro atoms. The van der Waals surface area contributed by atoms with Crippen LogP contribution in [0.3, 0.4) is 0 Å². The van der Waals surface area contributed by atoms with E-state index in [0.717, 1.165) is 25.8 Å². The van der Waals surface area contributed by atoms with Crippen LogP contribution in [0.5, 0.6) is 0 Å². The Morgan fingerprint density at radius 3 is 2.50 bits per heavy atom. The molecule has 16 heavy (non-hydrogen) atoms. The molecular weight excluding hydrogens is 200 g/mol. The van der Waals surface area contributed by atoms with Crippen LogP contribution in [0, 0.1) is 22.2 Å². The van der Waals surface area contributed by atoms with Crippen molar-refractivity contribution in [3.63, 3.8) is 0 Å². The van der Waals surface area contributed by atoms with E-state index >= 15 is 0 Å². The highest BCUT2D eigenvalue weighted by Gasteiger charge is 2.41. The van der Waals surface area contributed by atoms with Gasteiger partial charge in [0.05, 0.1) is 12.2 Å². The van der Waals surface area contributed by atoms with Gasteiger partial charge in [0.15, 0.2) is 0 Å². The standard InChI is InChI=1S/C13H24N2O/c1-12(2,3)8-11(16)9-15-10-13(4-5-13)6-7-14/h11,15-16H,4-6,8-10H2,1-3H3. The molecule has 0 bridgehead atoms. The van der Waals surface area contributed by atoms with Crippen LogP contribution in [0.15, 0.2) is 0 Å². The van der Waals surface area contributed by atoms with Gasteiger partial charge in [-0.25, -0.2) is 0 Å². The van der Waals surface area contributed by atoms with Crippen molar-refractivity contribution in [1.29, 1.82) is 5.26 Å². The zero-order chi connectivity index (χ0) is 12.2. The molecule has 0 amide bonds. The molecule has 0 heterocycles. The molecular formula is C13H24N2O. The number of nitrogens with zero attached hydrogens (tertiary/aromatic N) is 1. The van der Waals surface area contributed by atoms with Crippen LogP contribution in [0.2, 0.25) is 0 Å². The SMILES string of the molecule is CC(C)(C)CC(O)CNCC1(CC#N)CC1. The number of aliphatic hydroxyl groups excluding tert-OH is 1. The predicted octanol–water partition coefficient (Wildman–Crippen LogP) is 2.07. The number of nitrogens with one attached hydrogen (secondary N) is 1. The van der Waals surface area contributed by atoms with E-state index < -0.39 is 0 Å². The topological polar surface area (TPSA) is 56.0 Å². The lowest BCUT2D eigenvalue weighted by molar-refractivity contribution is 0.118. The Kier molecular flexibility index (Phi) is 4.35. The average molecular weight is 224 g/mol. The van der Waals surface area contributed by atoms with Gasteiger partial charge in [-0.3, -0.25) is 0 Å². The van der Waals surface area contributed by atoms with Gasteiger partial charge in [-0.2, -0.15) is 5.26 Å². The van der Waals surface area contributed by atoms with E-state index in [9.17, 15) is 5.11 Å². The van der Waals surface area contributed by atoms with E-state index in [2.05, 4.69) is 32.2 Å². The predicted molar refractivity (Wildman–Crippen MR) is 64.8 cm³/mol. The molecule has 0 saturated heterocycles. The molecule has 1 saturated carbocycles. The van der Waals surface area contributed by atoms with Crippen molar-refractivity contribution in [3.05, 3.63) is 0 Å². The Hall–Kier alpha value is -0.590. The molecule has 0 radical (unpaired) electrons. The molecule has 0 aromatic carbocycles. The maximum atomic E-state index is 9.80. The summed E-state index contributed by atoms with van der Waals surface area (Å²) in [6.45, 7) is 7.92. The van der Waals surface area contributed by atoms with Gasteiger partial charge in [0.1, 0.15) is 0 Å². The molecule has 1 atom stereocenters. The van der Waals surface area contributed by atoms with Crippen LogP contribution in [-0.2, 0) is 0 Å². The summed E-state index contributed by atoms with van der Waals surface area (Å²) in [6, 6.07) is 2.24. The van der Waals surface area contributed by atoms with Crippen LogP contribution in [0.4, 0.5) is 0 Å². The Labute approximate surface area is 98.8 Å². The minimum atomic E-state index is -0.280. The Bertz CT molecular complexity index is 258. The molecule has 3 heteroatoms. The molecule has 1 aliphatic carbocycles. The lowest BCUT2D eigenvalue weighted by Gasteiger charge is -2.23. The smallest absolute Gasteiger partial charge is 0.0669 e. The number of nitriles is 1. The summed E-state index contributed by atoms with van der Waals surface area (Å²) in [5.74, 6) is 0. The lowest BCUT2D eigenvalue weighted by Crippen LogP contribution is -2.33. The van der Waals surface area contributed by atoms with Gasteiger partial charge in [0, 0.05) is 19.5 Å². The van der Waals surface area contributed by atoms with Crippen LogP contribution < -0.4 is 5.32 Å². The highest BCUT2D eigenvalue weighted by molar-refractivity contribution is 5.00. The quantitative estimate of drug-likeness (QED) is 0.726. The second-order valence-electron chi connectivity index (χ2n) is 6.38. The largest absolute Gasteiger partial charge is 0.392 e. The summed E-state index contributed by atoms with van der Waals surface area (Å²) in [7, 11) is 0. The van der Waals surface area contributed by atoms with Gasteiger partial charge >= 0.3 is 0 Å². The average Bonchev–Trinajstić information content (AvgIpc) is 2.82. The first-order chi connectivity index (χ1) is 7.37. The minimum Gasteiger partial charge on any atom is -0.392 e. The van der Waals surface area contributed by atoms with Crippen LogP contribution >= 0.6 is 0 Å². The molecule has 0 aromatic rings. The third-order valence-corrected chi connectivity index (χ3v) is 3.14. The van der Waals surface area contributed by atoms with E-state index in [1.807, 2.05) is 0 Å². The monoisotopic (exact) mass is 224 g/mol. The first kappa shape index (κ1) is 13.5. The van der Waals surface area contributed by atoms with Crippen molar-refractivity contribution in [2.24, 2.45) is 10.8 Å². The van der Waals surface area contributed by atoms with E-state index in [4.69, 9.17) is 5.26 Å². The fourth-order valence-corrected chi connectivity index (χ4v) is 2.04. The van der Waals surface area contributed by atoms with Crippen LogP contribution in [0.25, 0.3) is 0 Å². The molecule has 1 aliphatic rings. The summed E-state index contributed by atoms with van der Waals surface area (Å²) < 4.78 is 0. The molecule has 0 aliphatic heterocycles. The normalized spacial score (nSPS) is 20.2. The first-order valence-corrected chi connectivity index (χ1v) is 6.13. The van der Waals surface area contributed by atoms with Gasteiger partial charge in [-0.05, 0) is 30.1 Å². The number of aliphatic hydroxyl groups is 1. The molecule has 92 valence electrons. The van der Waals surface area contributed by atoms with Crippen LogP contribution in [0.1, 0.15) is 46.5 Å². The fourth-order valence-electron chi connectivity index (χ4n) is 2.04. The second-order valence-corrected chi connectivity index (χ2v) is 6.38. The van der Waals surface area contributed by atoms with Gasteiger partial charge in [-0.1, -0.05) is 20.8 Å². The van der Waals surface area contributed by atoms with Crippen molar-refractivity contribution in [3.8, 4) is 6.07 Å². The second kappa shape index (κ2) is 5.16. The Balaban J connectivity index is 2.14. The van der Waals surface area contributed by atoms with Crippen molar-refractivity contribution >= 4 is 0 Å². The summed E-state index contributed by atoms with van der Waals surface area (Å²) in [6.07, 6.45) is 3.49. The van der Waals surface area contributed by atoms with Gasteiger partial charge in [0.25, 0.3) is 0 Å². The maximum absolute atomic E-state index is 9.80. The number of hydrogen-bond acceptors (Lipinski definition) is 3. The highest BCUT2D eigenvalue weighted by Crippen LogP contribution is 2.47. The van der Waals surface area contributed by atoms with Gasteiger partial charge < -0.3 is 10.4 Å². The van der Waals surface area contributed by atoms with Gasteiger partial charge in [0.2, 0.25) is 0 Å². The third kappa shape index (κ3) is 4.96. The summed E-state index contributed by atoms with van der Waals surface area (Å²) in [5, 5.41) is 21.8. The molecule has 2 N–H and O–H groups in total. The maximum Gasteiger partial charge on any atom is 0.0669 e. The van der Waals surface area contributed by atoms with Crippen molar-refractivity contribution in [2.75, 3.05) is 13.1 Å². The molecule has 0 aromatic heterocycles. The molecule has 1 fully saturated rings. The van der Waals surface area contributed by atoms with E-state index in [1.54, 1.807) is 0 Å². The minimum absolute atomic E-state index is 0.172. The number of hydrogen-bond donors (Lipinski definition) is 2. The van der Waals surface area contributed by atoms with Crippen molar-refractivity contribution in [1.82, 2.24) is 5.32 Å². The third-order valence-electron chi connectivity index (χ3n) is 3.14. The summed E-state index contributed by atoms with van der Waals surface area (Å²) >= 11 is 0. The molecule has 3 nitrogen and oxygen atoms in total. The Morgan fingerprint density at radius 2 is 2.06 bits per heavy atom. The molecule has 1 unspecified atom stereocenters.